The lowest BCUT2D eigenvalue weighted by Crippen LogP contribution is -2.30. The molecular weight excluding hydrogens is 366 g/mol. The van der Waals surface area contributed by atoms with Crippen molar-refractivity contribution in [3.63, 3.8) is 0 Å². The number of aryl methyl sites for hydroxylation is 1. The third-order valence-electron chi connectivity index (χ3n) is 4.87. The van der Waals surface area contributed by atoms with Crippen LogP contribution in [0.3, 0.4) is 0 Å². The topological polar surface area (TPSA) is 39.6 Å². The van der Waals surface area contributed by atoms with Crippen molar-refractivity contribution in [2.75, 3.05) is 31.1 Å². The predicted octanol–water partition coefficient (Wildman–Crippen LogP) is 4.68. The minimum Gasteiger partial charge on any atom is -0.508 e. The molecule has 0 unspecified atom stereocenters. The van der Waals surface area contributed by atoms with Crippen LogP contribution in [0.5, 0.6) is 5.75 Å². The van der Waals surface area contributed by atoms with Gasteiger partial charge in [-0.2, -0.15) is 0 Å². The van der Waals surface area contributed by atoms with Crippen LogP contribution in [0.4, 0.5) is 5.13 Å². The van der Waals surface area contributed by atoms with Crippen molar-refractivity contribution in [1.82, 2.24) is 9.88 Å². The molecule has 1 fully saturated rings. The van der Waals surface area contributed by atoms with E-state index in [2.05, 4.69) is 15.9 Å². The fourth-order valence-corrected chi connectivity index (χ4v) is 4.71. The van der Waals surface area contributed by atoms with E-state index in [1.165, 1.54) is 5.56 Å². The van der Waals surface area contributed by atoms with Gasteiger partial charge in [0, 0.05) is 37.7 Å². The summed E-state index contributed by atoms with van der Waals surface area (Å²) in [5.74, 6) is 0.367. The van der Waals surface area contributed by atoms with Crippen molar-refractivity contribution >= 4 is 38.3 Å². The zero-order chi connectivity index (χ0) is 18.1. The summed E-state index contributed by atoms with van der Waals surface area (Å²) in [6.45, 7) is 6.96. The number of anilines is 1. The lowest BCUT2D eigenvalue weighted by Gasteiger charge is -2.21. The first-order valence-electron chi connectivity index (χ1n) is 8.90. The van der Waals surface area contributed by atoms with Crippen molar-refractivity contribution in [1.29, 1.82) is 0 Å². The van der Waals surface area contributed by atoms with Crippen LogP contribution in [0, 0.1) is 6.92 Å². The number of benzene rings is 2. The first-order chi connectivity index (χ1) is 12.6. The number of halogens is 1. The molecule has 1 N–H and O–H groups in total. The van der Waals surface area contributed by atoms with Crippen LogP contribution < -0.4 is 4.90 Å². The molecule has 6 heteroatoms. The second kappa shape index (κ2) is 7.43. The number of aromatic hydroxyl groups is 1. The number of phenolic OH excluding ortho intramolecular Hbond substituents is 1. The van der Waals surface area contributed by atoms with E-state index >= 15 is 0 Å². The van der Waals surface area contributed by atoms with Gasteiger partial charge in [-0.3, -0.25) is 4.90 Å². The van der Waals surface area contributed by atoms with Crippen molar-refractivity contribution in [2.45, 2.75) is 19.9 Å². The van der Waals surface area contributed by atoms with Gasteiger partial charge in [0.15, 0.2) is 5.13 Å². The minimum absolute atomic E-state index is 0.367. The minimum atomic E-state index is 0.367. The van der Waals surface area contributed by atoms with Crippen LogP contribution in [0.15, 0.2) is 36.4 Å². The highest BCUT2D eigenvalue weighted by molar-refractivity contribution is 7.22. The van der Waals surface area contributed by atoms with Crippen LogP contribution in [-0.2, 0) is 6.54 Å². The summed E-state index contributed by atoms with van der Waals surface area (Å²) in [4.78, 5) is 9.66. The molecule has 1 aromatic heterocycles. The molecule has 1 saturated heterocycles. The first kappa shape index (κ1) is 17.6. The second-order valence-electron chi connectivity index (χ2n) is 6.85. The van der Waals surface area contributed by atoms with Crippen LogP contribution in [-0.4, -0.2) is 41.2 Å². The molecule has 136 valence electrons. The molecule has 0 bridgehead atoms. The van der Waals surface area contributed by atoms with Crippen LogP contribution in [0.2, 0.25) is 5.02 Å². The number of phenols is 1. The van der Waals surface area contributed by atoms with Crippen molar-refractivity contribution < 1.29 is 5.11 Å². The summed E-state index contributed by atoms with van der Waals surface area (Å²) in [7, 11) is 0. The molecule has 0 spiro atoms. The molecule has 2 aromatic carbocycles. The number of hydrogen-bond acceptors (Lipinski definition) is 5. The van der Waals surface area contributed by atoms with Gasteiger partial charge in [-0.15, -0.1) is 0 Å². The largest absolute Gasteiger partial charge is 0.508 e. The van der Waals surface area contributed by atoms with Gasteiger partial charge < -0.3 is 10.0 Å². The highest BCUT2D eigenvalue weighted by Crippen LogP contribution is 2.31. The SMILES string of the molecule is Cc1cc(CN2CCCN(c3nc4ccc(Cl)cc4s3)CC2)ccc1O. The van der Waals surface area contributed by atoms with Crippen molar-refractivity contribution in [3.8, 4) is 5.75 Å². The van der Waals surface area contributed by atoms with Gasteiger partial charge in [0.05, 0.1) is 10.2 Å². The van der Waals surface area contributed by atoms with Gasteiger partial charge in [0.1, 0.15) is 5.75 Å². The zero-order valence-corrected chi connectivity index (χ0v) is 16.4. The van der Waals surface area contributed by atoms with E-state index in [1.54, 1.807) is 17.4 Å². The van der Waals surface area contributed by atoms with Crippen molar-refractivity contribution in [3.05, 3.63) is 52.5 Å². The maximum atomic E-state index is 9.70. The standard InChI is InChI=1S/C20H22ClN3OS/c1-14-11-15(3-6-18(14)25)13-23-7-2-8-24(10-9-23)20-22-17-5-4-16(21)12-19(17)26-20/h3-6,11-12,25H,2,7-10,13H2,1H3. The molecule has 0 saturated carbocycles. The summed E-state index contributed by atoms with van der Waals surface area (Å²) in [5, 5.41) is 11.5. The molecule has 0 radical (unpaired) electrons. The zero-order valence-electron chi connectivity index (χ0n) is 14.8. The predicted molar refractivity (Wildman–Crippen MR) is 110 cm³/mol. The Kier molecular flexibility index (Phi) is 5.02. The first-order valence-corrected chi connectivity index (χ1v) is 10.1. The second-order valence-corrected chi connectivity index (χ2v) is 8.29. The van der Waals surface area contributed by atoms with Gasteiger partial charge in [-0.25, -0.2) is 4.98 Å². The molecule has 0 aliphatic carbocycles. The Bertz CT molecular complexity index is 927. The van der Waals surface area contributed by atoms with Crippen LogP contribution >= 0.6 is 22.9 Å². The van der Waals surface area contributed by atoms with Gasteiger partial charge in [-0.05, 0) is 48.7 Å². The Morgan fingerprint density at radius 2 is 2.00 bits per heavy atom. The van der Waals surface area contributed by atoms with Gasteiger partial charge >= 0.3 is 0 Å². The number of rotatable bonds is 3. The summed E-state index contributed by atoms with van der Waals surface area (Å²) in [6.07, 6.45) is 1.12. The highest BCUT2D eigenvalue weighted by Gasteiger charge is 2.18. The average molecular weight is 388 g/mol. The Morgan fingerprint density at radius 3 is 2.85 bits per heavy atom. The number of hydrogen-bond donors (Lipinski definition) is 1. The van der Waals surface area contributed by atoms with E-state index in [9.17, 15) is 5.11 Å². The molecule has 26 heavy (non-hydrogen) atoms. The van der Waals surface area contributed by atoms with Gasteiger partial charge in [0.2, 0.25) is 0 Å². The molecular formula is C20H22ClN3OS. The van der Waals surface area contributed by atoms with E-state index in [1.807, 2.05) is 31.2 Å². The number of aromatic nitrogens is 1. The Morgan fingerprint density at radius 1 is 1.12 bits per heavy atom. The third kappa shape index (κ3) is 3.80. The van der Waals surface area contributed by atoms with Gasteiger partial charge in [0.25, 0.3) is 0 Å². The molecule has 4 rings (SSSR count). The van der Waals surface area contributed by atoms with E-state index in [4.69, 9.17) is 16.6 Å². The van der Waals surface area contributed by atoms with Crippen molar-refractivity contribution in [2.24, 2.45) is 0 Å². The molecule has 1 aliphatic rings. The quantitative estimate of drug-likeness (QED) is 0.708. The molecule has 0 amide bonds. The van der Waals surface area contributed by atoms with E-state index in [-0.39, 0.29) is 0 Å². The highest BCUT2D eigenvalue weighted by atomic mass is 35.5. The van der Waals surface area contributed by atoms with E-state index in [0.29, 0.717) is 5.75 Å². The van der Waals surface area contributed by atoms with Crippen LogP contribution in [0.25, 0.3) is 10.2 Å². The maximum Gasteiger partial charge on any atom is 0.186 e. The number of fused-ring (bicyclic) bond motifs is 1. The molecule has 4 nitrogen and oxygen atoms in total. The third-order valence-corrected chi connectivity index (χ3v) is 6.18. The molecule has 0 atom stereocenters. The lowest BCUT2D eigenvalue weighted by atomic mass is 10.1. The molecule has 2 heterocycles. The Labute approximate surface area is 162 Å². The Balaban J connectivity index is 1.44. The fourth-order valence-electron chi connectivity index (χ4n) is 3.42. The summed E-state index contributed by atoms with van der Waals surface area (Å²) < 4.78 is 1.15. The van der Waals surface area contributed by atoms with E-state index in [0.717, 1.165) is 65.1 Å². The molecule has 3 aromatic rings. The monoisotopic (exact) mass is 387 g/mol. The maximum absolute atomic E-state index is 9.70. The average Bonchev–Trinajstić information content (AvgIpc) is 2.89. The summed E-state index contributed by atoms with van der Waals surface area (Å²) in [6, 6.07) is 11.8. The van der Waals surface area contributed by atoms with Crippen LogP contribution in [0.1, 0.15) is 17.5 Å². The van der Waals surface area contributed by atoms with E-state index < -0.39 is 0 Å². The smallest absolute Gasteiger partial charge is 0.186 e. The fraction of sp³-hybridized carbons (Fsp3) is 0.350. The normalized spacial score (nSPS) is 16.2. The summed E-state index contributed by atoms with van der Waals surface area (Å²) >= 11 is 7.82. The number of nitrogens with zero attached hydrogens (tertiary/aromatic N) is 3. The van der Waals surface area contributed by atoms with Gasteiger partial charge in [-0.1, -0.05) is 35.1 Å². The molecule has 1 aliphatic heterocycles. The lowest BCUT2D eigenvalue weighted by molar-refractivity contribution is 0.285. The summed E-state index contributed by atoms with van der Waals surface area (Å²) in [5.41, 5.74) is 3.21. The Hall–Kier alpha value is -1.82. The number of thiazole rings is 1.